The fourth-order valence-electron chi connectivity index (χ4n) is 4.77. The second-order valence-corrected chi connectivity index (χ2v) is 7.71. The Hall–Kier alpha value is -2.40. The van der Waals surface area contributed by atoms with Crippen LogP contribution in [0.3, 0.4) is 0 Å². The van der Waals surface area contributed by atoms with E-state index < -0.39 is 6.04 Å². The third-order valence-corrected chi connectivity index (χ3v) is 6.39. The van der Waals surface area contributed by atoms with Gasteiger partial charge in [0.05, 0.1) is 6.10 Å². The van der Waals surface area contributed by atoms with E-state index in [1.54, 1.807) is 12.0 Å². The number of piperidine rings is 1. The van der Waals surface area contributed by atoms with Crippen LogP contribution in [0.15, 0.2) is 43.0 Å². The minimum absolute atomic E-state index is 0.0369. The number of ether oxygens (including phenoxy) is 1. The molecule has 1 aromatic carbocycles. The number of rotatable bonds is 3. The van der Waals surface area contributed by atoms with Crippen molar-refractivity contribution >= 4 is 17.9 Å². The molecule has 2 amide bonds. The second-order valence-electron chi connectivity index (χ2n) is 7.71. The largest absolute Gasteiger partial charge is 0.380 e. The number of benzene rings is 1. The molecule has 0 radical (unpaired) electrons. The van der Waals surface area contributed by atoms with Crippen LogP contribution in [0.2, 0.25) is 0 Å². The molecule has 0 aromatic heterocycles. The standard InChI is InChI=1S/C22H26N2O3/c1-3-20(25)24-15-17(27-2)14-19(24)21(26)23-12-10-22(11-13-23)9-8-16-6-4-5-7-18(16)22/h3-9,17,19H,1,10-15H2,2H3/t17-,19-/m0/s1. The van der Waals surface area contributed by atoms with Crippen molar-refractivity contribution in [2.24, 2.45) is 0 Å². The highest BCUT2D eigenvalue weighted by Gasteiger charge is 2.44. The highest BCUT2D eigenvalue weighted by atomic mass is 16.5. The molecule has 2 fully saturated rings. The van der Waals surface area contributed by atoms with Crippen LogP contribution in [-0.4, -0.2) is 60.5 Å². The number of amides is 2. The molecule has 0 saturated carbocycles. The van der Waals surface area contributed by atoms with E-state index in [0.717, 1.165) is 12.8 Å². The topological polar surface area (TPSA) is 49.9 Å². The molecule has 4 rings (SSSR count). The van der Waals surface area contributed by atoms with Crippen molar-refractivity contribution in [2.45, 2.75) is 36.8 Å². The van der Waals surface area contributed by atoms with Crippen LogP contribution in [-0.2, 0) is 19.7 Å². The van der Waals surface area contributed by atoms with Gasteiger partial charge in [-0.2, -0.15) is 0 Å². The predicted molar refractivity (Wildman–Crippen MR) is 104 cm³/mol. The number of nitrogens with zero attached hydrogens (tertiary/aromatic N) is 2. The predicted octanol–water partition coefficient (Wildman–Crippen LogP) is 2.38. The summed E-state index contributed by atoms with van der Waals surface area (Å²) in [5.74, 6) is -0.163. The van der Waals surface area contributed by atoms with E-state index in [1.165, 1.54) is 17.2 Å². The number of carbonyl (C=O) groups excluding carboxylic acids is 2. The van der Waals surface area contributed by atoms with Gasteiger partial charge >= 0.3 is 0 Å². The van der Waals surface area contributed by atoms with Crippen molar-refractivity contribution in [1.82, 2.24) is 9.80 Å². The van der Waals surface area contributed by atoms with Crippen LogP contribution in [0.25, 0.3) is 6.08 Å². The second kappa shape index (κ2) is 6.97. The van der Waals surface area contributed by atoms with Crippen molar-refractivity contribution in [3.63, 3.8) is 0 Å². The summed E-state index contributed by atoms with van der Waals surface area (Å²) in [7, 11) is 1.63. The highest BCUT2D eigenvalue weighted by Crippen LogP contribution is 2.43. The Balaban J connectivity index is 1.47. The van der Waals surface area contributed by atoms with E-state index >= 15 is 0 Å². The van der Waals surface area contributed by atoms with Gasteiger partial charge in [0, 0.05) is 38.6 Å². The van der Waals surface area contributed by atoms with Crippen LogP contribution in [0.5, 0.6) is 0 Å². The fourth-order valence-corrected chi connectivity index (χ4v) is 4.77. The van der Waals surface area contributed by atoms with E-state index in [2.05, 4.69) is 43.0 Å². The maximum absolute atomic E-state index is 13.2. The molecule has 5 heteroatoms. The van der Waals surface area contributed by atoms with E-state index in [0.29, 0.717) is 26.1 Å². The fraction of sp³-hybridized carbons (Fsp3) is 0.455. The molecule has 142 valence electrons. The van der Waals surface area contributed by atoms with Crippen molar-refractivity contribution in [3.8, 4) is 0 Å². The van der Waals surface area contributed by atoms with Crippen LogP contribution in [0, 0.1) is 0 Å². The number of allylic oxidation sites excluding steroid dienone is 1. The average Bonchev–Trinajstić information content (AvgIpc) is 3.30. The quantitative estimate of drug-likeness (QED) is 0.772. The van der Waals surface area contributed by atoms with Crippen molar-refractivity contribution in [1.29, 1.82) is 0 Å². The molecular weight excluding hydrogens is 340 g/mol. The summed E-state index contributed by atoms with van der Waals surface area (Å²) < 4.78 is 5.41. The Labute approximate surface area is 160 Å². The maximum Gasteiger partial charge on any atom is 0.246 e. The first kappa shape index (κ1) is 18.0. The van der Waals surface area contributed by atoms with Gasteiger partial charge in [-0.15, -0.1) is 0 Å². The summed E-state index contributed by atoms with van der Waals surface area (Å²) in [5, 5.41) is 0. The molecule has 0 unspecified atom stereocenters. The average molecular weight is 366 g/mol. The molecule has 0 N–H and O–H groups in total. The molecule has 5 nitrogen and oxygen atoms in total. The zero-order valence-corrected chi connectivity index (χ0v) is 15.8. The zero-order chi connectivity index (χ0) is 19.0. The normalized spacial score (nSPS) is 25.7. The summed E-state index contributed by atoms with van der Waals surface area (Å²) in [5.41, 5.74) is 2.72. The van der Waals surface area contributed by atoms with Crippen molar-refractivity contribution in [3.05, 3.63) is 54.1 Å². The lowest BCUT2D eigenvalue weighted by Crippen LogP contribution is -2.51. The molecule has 1 aromatic rings. The third-order valence-electron chi connectivity index (χ3n) is 6.39. The Kier molecular flexibility index (Phi) is 4.64. The first-order valence-corrected chi connectivity index (χ1v) is 9.61. The number of carbonyl (C=O) groups is 2. The Bertz CT molecular complexity index is 793. The summed E-state index contributed by atoms with van der Waals surface area (Å²) in [6.45, 7) is 5.44. The highest BCUT2D eigenvalue weighted by molar-refractivity contribution is 5.93. The number of fused-ring (bicyclic) bond motifs is 2. The van der Waals surface area contributed by atoms with Crippen LogP contribution < -0.4 is 0 Å². The summed E-state index contributed by atoms with van der Waals surface area (Å²) in [6.07, 6.45) is 8.09. The van der Waals surface area contributed by atoms with Gasteiger partial charge in [0.2, 0.25) is 11.8 Å². The minimum atomic E-state index is -0.444. The lowest BCUT2D eigenvalue weighted by molar-refractivity contribution is -0.142. The first-order chi connectivity index (χ1) is 13.1. The molecule has 0 bridgehead atoms. The lowest BCUT2D eigenvalue weighted by Gasteiger charge is -2.40. The molecule has 2 aliphatic heterocycles. The van der Waals surface area contributed by atoms with Gasteiger partial charge in [-0.1, -0.05) is 43.0 Å². The Morgan fingerprint density at radius 2 is 2.00 bits per heavy atom. The monoisotopic (exact) mass is 366 g/mol. The molecule has 2 atom stereocenters. The molecule has 1 spiro atoms. The van der Waals surface area contributed by atoms with Gasteiger partial charge in [-0.05, 0) is 30.0 Å². The number of methoxy groups -OCH3 is 1. The number of hydrogen-bond donors (Lipinski definition) is 0. The van der Waals surface area contributed by atoms with Gasteiger partial charge in [0.15, 0.2) is 0 Å². The molecule has 2 heterocycles. The Morgan fingerprint density at radius 3 is 2.70 bits per heavy atom. The molecule has 3 aliphatic rings. The molecular formula is C22H26N2O3. The van der Waals surface area contributed by atoms with E-state index in [4.69, 9.17) is 4.74 Å². The van der Waals surface area contributed by atoms with Crippen molar-refractivity contribution in [2.75, 3.05) is 26.7 Å². The SMILES string of the molecule is C=CC(=O)N1C[C@@H](OC)C[C@H]1C(=O)N1CCC2(C=Cc3ccccc32)CC1. The first-order valence-electron chi connectivity index (χ1n) is 9.61. The summed E-state index contributed by atoms with van der Waals surface area (Å²) in [4.78, 5) is 28.9. The summed E-state index contributed by atoms with van der Waals surface area (Å²) in [6, 6.07) is 8.07. The number of likely N-dealkylation sites (tertiary alicyclic amines) is 2. The molecule has 1 aliphatic carbocycles. The third kappa shape index (κ3) is 3.00. The van der Waals surface area contributed by atoms with Gasteiger partial charge in [0.25, 0.3) is 0 Å². The smallest absolute Gasteiger partial charge is 0.246 e. The molecule has 27 heavy (non-hydrogen) atoms. The Morgan fingerprint density at radius 1 is 1.26 bits per heavy atom. The van der Waals surface area contributed by atoms with Crippen molar-refractivity contribution < 1.29 is 14.3 Å². The summed E-state index contributed by atoms with van der Waals surface area (Å²) >= 11 is 0. The maximum atomic E-state index is 13.2. The van der Waals surface area contributed by atoms with Gasteiger partial charge < -0.3 is 14.5 Å². The van der Waals surface area contributed by atoms with Crippen LogP contribution in [0.1, 0.15) is 30.4 Å². The van der Waals surface area contributed by atoms with E-state index in [-0.39, 0.29) is 23.3 Å². The van der Waals surface area contributed by atoms with Gasteiger partial charge in [0.1, 0.15) is 6.04 Å². The van der Waals surface area contributed by atoms with Crippen LogP contribution >= 0.6 is 0 Å². The molecule has 2 saturated heterocycles. The van der Waals surface area contributed by atoms with E-state index in [1.807, 2.05) is 4.90 Å². The minimum Gasteiger partial charge on any atom is -0.380 e. The van der Waals surface area contributed by atoms with Crippen LogP contribution in [0.4, 0.5) is 0 Å². The van der Waals surface area contributed by atoms with E-state index in [9.17, 15) is 9.59 Å². The van der Waals surface area contributed by atoms with Gasteiger partial charge in [-0.25, -0.2) is 0 Å². The zero-order valence-electron chi connectivity index (χ0n) is 15.8. The van der Waals surface area contributed by atoms with Gasteiger partial charge in [-0.3, -0.25) is 9.59 Å². The lowest BCUT2D eigenvalue weighted by atomic mass is 9.74. The number of hydrogen-bond acceptors (Lipinski definition) is 3.